The molecular weight excluding hydrogens is 353 g/mol. The lowest BCUT2D eigenvalue weighted by Crippen LogP contribution is -2.24. The summed E-state index contributed by atoms with van der Waals surface area (Å²) in [6.45, 7) is 0.742. The number of H-pyrrole nitrogens is 1. The van der Waals surface area contributed by atoms with Crippen molar-refractivity contribution >= 4 is 17.2 Å². The second-order valence-corrected chi connectivity index (χ2v) is 6.82. The van der Waals surface area contributed by atoms with E-state index in [1.165, 1.54) is 12.1 Å². The maximum absolute atomic E-state index is 13.3. The summed E-state index contributed by atoms with van der Waals surface area (Å²) in [6, 6.07) is 18.7. The zero-order chi connectivity index (χ0) is 19.1. The Bertz CT molecular complexity index is 1120. The number of hydrogen-bond acceptors (Lipinski definition) is 4. The van der Waals surface area contributed by atoms with Crippen LogP contribution in [0, 0.1) is 5.82 Å². The molecule has 2 aromatic carbocycles. The van der Waals surface area contributed by atoms with Crippen LogP contribution >= 0.6 is 0 Å². The molecule has 5 rings (SSSR count). The summed E-state index contributed by atoms with van der Waals surface area (Å²) in [7, 11) is 2.07. The number of benzene rings is 2. The number of fused-ring (bicyclic) bond motifs is 1. The van der Waals surface area contributed by atoms with Crippen LogP contribution in [0.2, 0.25) is 0 Å². The van der Waals surface area contributed by atoms with Gasteiger partial charge in [0.15, 0.2) is 0 Å². The van der Waals surface area contributed by atoms with Gasteiger partial charge >= 0.3 is 0 Å². The Balaban J connectivity index is 1.59. The lowest BCUT2D eigenvalue weighted by Gasteiger charge is -2.18. The Morgan fingerprint density at radius 3 is 2.57 bits per heavy atom. The number of nitrogens with zero attached hydrogens (tertiary/aromatic N) is 4. The van der Waals surface area contributed by atoms with Crippen molar-refractivity contribution in [2.24, 2.45) is 0 Å². The number of aromatic amines is 1. The predicted octanol–water partition coefficient (Wildman–Crippen LogP) is 4.82. The lowest BCUT2D eigenvalue weighted by molar-refractivity contribution is 0.628. The summed E-state index contributed by atoms with van der Waals surface area (Å²) in [4.78, 5) is 8.89. The van der Waals surface area contributed by atoms with Crippen LogP contribution in [0.1, 0.15) is 0 Å². The molecule has 0 saturated carbocycles. The van der Waals surface area contributed by atoms with Gasteiger partial charge in [0, 0.05) is 24.4 Å². The van der Waals surface area contributed by atoms with Crippen LogP contribution in [0.15, 0.2) is 73.1 Å². The van der Waals surface area contributed by atoms with Crippen LogP contribution in [0.3, 0.4) is 0 Å². The van der Waals surface area contributed by atoms with Crippen LogP contribution in [-0.2, 0) is 0 Å². The van der Waals surface area contributed by atoms with Gasteiger partial charge in [-0.25, -0.2) is 9.37 Å². The minimum atomic E-state index is -0.253. The second-order valence-electron chi connectivity index (χ2n) is 6.82. The van der Waals surface area contributed by atoms with Crippen molar-refractivity contribution in [1.82, 2.24) is 15.2 Å². The summed E-state index contributed by atoms with van der Waals surface area (Å²) >= 11 is 0. The number of pyridine rings is 1. The van der Waals surface area contributed by atoms with Gasteiger partial charge in [-0.1, -0.05) is 12.1 Å². The van der Waals surface area contributed by atoms with Gasteiger partial charge in [-0.3, -0.25) is 5.10 Å². The van der Waals surface area contributed by atoms with Crippen LogP contribution in [0.4, 0.5) is 21.6 Å². The molecule has 4 aromatic rings. The number of aromatic nitrogens is 3. The molecule has 0 aliphatic carbocycles. The molecule has 2 aromatic heterocycles. The third-order valence-electron chi connectivity index (χ3n) is 5.04. The van der Waals surface area contributed by atoms with Gasteiger partial charge in [-0.15, -0.1) is 0 Å². The zero-order valence-electron chi connectivity index (χ0n) is 15.3. The molecule has 0 spiro atoms. The van der Waals surface area contributed by atoms with E-state index >= 15 is 0 Å². The number of nitrogens with one attached hydrogen (secondary N) is 1. The molecule has 3 heterocycles. The van der Waals surface area contributed by atoms with Gasteiger partial charge in [0.1, 0.15) is 11.6 Å². The van der Waals surface area contributed by atoms with E-state index in [2.05, 4.69) is 50.2 Å². The normalized spacial score (nSPS) is 13.1. The molecule has 0 bridgehead atoms. The molecule has 0 fully saturated rings. The Morgan fingerprint density at radius 1 is 0.964 bits per heavy atom. The van der Waals surface area contributed by atoms with Crippen molar-refractivity contribution in [3.8, 4) is 22.4 Å². The number of hydrogen-bond donors (Lipinski definition) is 1. The van der Waals surface area contributed by atoms with Crippen molar-refractivity contribution in [2.45, 2.75) is 0 Å². The first-order valence-corrected chi connectivity index (χ1v) is 9.04. The highest BCUT2D eigenvalue weighted by Crippen LogP contribution is 2.42. The molecular formula is C22H18FN5. The Kier molecular flexibility index (Phi) is 3.83. The highest BCUT2D eigenvalue weighted by molar-refractivity contribution is 5.88. The van der Waals surface area contributed by atoms with E-state index in [0.717, 1.165) is 46.2 Å². The van der Waals surface area contributed by atoms with Gasteiger partial charge in [0.05, 0.1) is 29.9 Å². The summed E-state index contributed by atoms with van der Waals surface area (Å²) in [5.41, 5.74) is 6.04. The van der Waals surface area contributed by atoms with E-state index in [-0.39, 0.29) is 5.82 Å². The smallest absolute Gasteiger partial charge is 0.134 e. The number of anilines is 3. The standard InChI is InChI=1S/C22H18FN5/c1-27-14-28(21-4-2-3-11-24-21)20-12-16(7-10-19(20)27)18-13-25-26-22(18)15-5-8-17(23)9-6-15/h2-13H,14H2,1H3,(H,25,26). The fourth-order valence-corrected chi connectivity index (χ4v) is 3.65. The highest BCUT2D eigenvalue weighted by Gasteiger charge is 2.26. The van der Waals surface area contributed by atoms with Crippen molar-refractivity contribution in [2.75, 3.05) is 23.5 Å². The van der Waals surface area contributed by atoms with Crippen molar-refractivity contribution in [1.29, 1.82) is 0 Å². The molecule has 0 unspecified atom stereocenters. The molecule has 5 nitrogen and oxygen atoms in total. The van der Waals surface area contributed by atoms with Gasteiger partial charge in [0.25, 0.3) is 0 Å². The van der Waals surface area contributed by atoms with Crippen molar-refractivity contribution in [3.63, 3.8) is 0 Å². The quantitative estimate of drug-likeness (QED) is 0.561. The minimum Gasteiger partial charge on any atom is -0.355 e. The minimum absolute atomic E-state index is 0.253. The molecule has 6 heteroatoms. The summed E-state index contributed by atoms with van der Waals surface area (Å²) in [5.74, 6) is 0.660. The van der Waals surface area contributed by atoms with E-state index in [1.54, 1.807) is 18.3 Å². The lowest BCUT2D eigenvalue weighted by atomic mass is 10.0. The van der Waals surface area contributed by atoms with Gasteiger partial charge in [-0.2, -0.15) is 5.10 Å². The van der Waals surface area contributed by atoms with E-state index < -0.39 is 0 Å². The van der Waals surface area contributed by atoms with E-state index in [1.807, 2.05) is 24.4 Å². The largest absolute Gasteiger partial charge is 0.355 e. The monoisotopic (exact) mass is 371 g/mol. The van der Waals surface area contributed by atoms with Crippen LogP contribution in [0.5, 0.6) is 0 Å². The van der Waals surface area contributed by atoms with Crippen LogP contribution < -0.4 is 9.80 Å². The number of rotatable bonds is 3. The second kappa shape index (κ2) is 6.49. The molecule has 0 radical (unpaired) electrons. The summed E-state index contributed by atoms with van der Waals surface area (Å²) in [6.07, 6.45) is 3.62. The Morgan fingerprint density at radius 2 is 1.79 bits per heavy atom. The van der Waals surface area contributed by atoms with E-state index in [4.69, 9.17) is 0 Å². The average molecular weight is 371 g/mol. The molecule has 1 aliphatic heterocycles. The Labute approximate surface area is 162 Å². The highest BCUT2D eigenvalue weighted by atomic mass is 19.1. The average Bonchev–Trinajstić information content (AvgIpc) is 3.34. The van der Waals surface area contributed by atoms with Gasteiger partial charge in [-0.05, 0) is 54.1 Å². The first-order valence-electron chi connectivity index (χ1n) is 9.04. The fourth-order valence-electron chi connectivity index (χ4n) is 3.65. The van der Waals surface area contributed by atoms with E-state index in [9.17, 15) is 4.39 Å². The SMILES string of the molecule is CN1CN(c2ccccn2)c2cc(-c3cn[nH]c3-c3ccc(F)cc3)ccc21. The first kappa shape index (κ1) is 16.5. The molecule has 0 atom stereocenters. The van der Waals surface area contributed by atoms with Gasteiger partial charge in [0.2, 0.25) is 0 Å². The first-order chi connectivity index (χ1) is 13.7. The van der Waals surface area contributed by atoms with Crippen molar-refractivity contribution in [3.05, 3.63) is 78.9 Å². The fraction of sp³-hybridized carbons (Fsp3) is 0.0909. The van der Waals surface area contributed by atoms with Gasteiger partial charge < -0.3 is 9.80 Å². The molecule has 1 aliphatic rings. The molecule has 28 heavy (non-hydrogen) atoms. The third-order valence-corrected chi connectivity index (χ3v) is 5.04. The summed E-state index contributed by atoms with van der Waals surface area (Å²) in [5, 5.41) is 7.28. The maximum atomic E-state index is 13.3. The molecule has 138 valence electrons. The molecule has 1 N–H and O–H groups in total. The van der Waals surface area contributed by atoms with E-state index in [0.29, 0.717) is 0 Å². The topological polar surface area (TPSA) is 48.1 Å². The zero-order valence-corrected chi connectivity index (χ0v) is 15.3. The molecule has 0 saturated heterocycles. The van der Waals surface area contributed by atoms with Crippen LogP contribution in [-0.4, -0.2) is 28.9 Å². The maximum Gasteiger partial charge on any atom is 0.134 e. The van der Waals surface area contributed by atoms with Crippen molar-refractivity contribution < 1.29 is 4.39 Å². The predicted molar refractivity (Wildman–Crippen MR) is 109 cm³/mol. The van der Waals surface area contributed by atoms with Crippen LogP contribution in [0.25, 0.3) is 22.4 Å². The summed E-state index contributed by atoms with van der Waals surface area (Å²) < 4.78 is 13.3. The third kappa shape index (κ3) is 2.70. The number of halogens is 1. The molecule has 0 amide bonds. The Hall–Kier alpha value is -3.67.